The molecule has 2 heteroatoms. The topological polar surface area (TPSA) is 38.0 Å². The van der Waals surface area contributed by atoms with Crippen molar-refractivity contribution in [3.63, 3.8) is 0 Å². The SMILES string of the molecule is CC#CCCNC1(CN)C2CCC1Cc1ccccc1C2. The molecule has 0 spiro atoms. The number of hydrogen-bond donors (Lipinski definition) is 2. The number of rotatable bonds is 4. The van der Waals surface area contributed by atoms with Crippen LogP contribution in [-0.2, 0) is 12.8 Å². The summed E-state index contributed by atoms with van der Waals surface area (Å²) >= 11 is 0. The Morgan fingerprint density at radius 2 is 1.81 bits per heavy atom. The maximum absolute atomic E-state index is 6.28. The molecule has 1 saturated carbocycles. The maximum atomic E-state index is 6.28. The summed E-state index contributed by atoms with van der Waals surface area (Å²) in [5.74, 6) is 7.48. The van der Waals surface area contributed by atoms with Crippen molar-refractivity contribution in [2.45, 2.75) is 44.6 Å². The van der Waals surface area contributed by atoms with Crippen molar-refractivity contribution in [1.82, 2.24) is 5.32 Å². The van der Waals surface area contributed by atoms with Crippen LogP contribution in [0.15, 0.2) is 24.3 Å². The van der Waals surface area contributed by atoms with E-state index in [-0.39, 0.29) is 5.54 Å². The fourth-order valence-electron chi connectivity index (χ4n) is 4.48. The van der Waals surface area contributed by atoms with E-state index in [2.05, 4.69) is 41.4 Å². The van der Waals surface area contributed by atoms with Gasteiger partial charge in [-0.25, -0.2) is 0 Å². The van der Waals surface area contributed by atoms with Gasteiger partial charge < -0.3 is 11.1 Å². The Morgan fingerprint density at radius 1 is 1.19 bits per heavy atom. The normalized spacial score (nSPS) is 30.2. The van der Waals surface area contributed by atoms with Crippen LogP contribution in [0.2, 0.25) is 0 Å². The van der Waals surface area contributed by atoms with Gasteiger partial charge in [0, 0.05) is 25.0 Å². The molecule has 112 valence electrons. The van der Waals surface area contributed by atoms with Gasteiger partial charge in [0.25, 0.3) is 0 Å². The number of nitrogens with two attached hydrogens (primary N) is 1. The van der Waals surface area contributed by atoms with E-state index in [9.17, 15) is 0 Å². The summed E-state index contributed by atoms with van der Waals surface area (Å²) in [4.78, 5) is 0. The average Bonchev–Trinajstić information content (AvgIpc) is 2.75. The van der Waals surface area contributed by atoms with Crippen LogP contribution < -0.4 is 11.1 Å². The first kappa shape index (κ1) is 14.6. The third-order valence-electron chi connectivity index (χ3n) is 5.59. The molecule has 1 fully saturated rings. The minimum Gasteiger partial charge on any atom is -0.329 e. The van der Waals surface area contributed by atoms with Crippen LogP contribution in [0, 0.1) is 23.7 Å². The molecule has 0 heterocycles. The molecule has 1 aromatic rings. The van der Waals surface area contributed by atoms with Gasteiger partial charge in [-0.2, -0.15) is 0 Å². The van der Waals surface area contributed by atoms with E-state index in [1.54, 1.807) is 0 Å². The second kappa shape index (κ2) is 6.22. The zero-order valence-corrected chi connectivity index (χ0v) is 13.0. The Kier molecular flexibility index (Phi) is 4.33. The molecule has 0 aliphatic heterocycles. The highest BCUT2D eigenvalue weighted by Crippen LogP contribution is 2.46. The van der Waals surface area contributed by atoms with Crippen LogP contribution in [0.4, 0.5) is 0 Å². The zero-order valence-electron chi connectivity index (χ0n) is 13.0. The van der Waals surface area contributed by atoms with Gasteiger partial charge in [0.05, 0.1) is 0 Å². The zero-order chi connectivity index (χ0) is 14.7. The molecule has 2 nitrogen and oxygen atoms in total. The fraction of sp³-hybridized carbons (Fsp3) is 0.579. The van der Waals surface area contributed by atoms with E-state index in [1.165, 1.54) is 36.8 Å². The molecule has 0 saturated heterocycles. The molecule has 2 bridgehead atoms. The summed E-state index contributed by atoms with van der Waals surface area (Å²) in [6.45, 7) is 3.61. The van der Waals surface area contributed by atoms with Crippen molar-refractivity contribution in [3.05, 3.63) is 35.4 Å². The maximum Gasteiger partial charge on any atom is 0.0367 e. The van der Waals surface area contributed by atoms with Crippen LogP contribution in [0.25, 0.3) is 0 Å². The Labute approximate surface area is 128 Å². The summed E-state index contributed by atoms with van der Waals surface area (Å²) in [6.07, 6.45) is 5.89. The summed E-state index contributed by atoms with van der Waals surface area (Å²) in [7, 11) is 0. The van der Waals surface area contributed by atoms with Gasteiger partial charge in [0.15, 0.2) is 0 Å². The number of nitrogens with one attached hydrogen (secondary N) is 1. The Morgan fingerprint density at radius 3 is 2.33 bits per heavy atom. The lowest BCUT2D eigenvalue weighted by Gasteiger charge is -2.39. The molecule has 21 heavy (non-hydrogen) atoms. The van der Waals surface area contributed by atoms with Gasteiger partial charge in [-0.3, -0.25) is 0 Å². The molecule has 2 atom stereocenters. The van der Waals surface area contributed by atoms with Crippen LogP contribution in [0.1, 0.15) is 37.3 Å². The van der Waals surface area contributed by atoms with E-state index in [4.69, 9.17) is 5.73 Å². The molecule has 0 radical (unpaired) electrons. The molecule has 0 aromatic heterocycles. The molecule has 3 N–H and O–H groups in total. The van der Waals surface area contributed by atoms with Crippen LogP contribution in [-0.4, -0.2) is 18.6 Å². The summed E-state index contributed by atoms with van der Waals surface area (Å²) in [5.41, 5.74) is 9.48. The van der Waals surface area contributed by atoms with Crippen LogP contribution in [0.5, 0.6) is 0 Å². The third kappa shape index (κ3) is 2.61. The second-order valence-corrected chi connectivity index (χ2v) is 6.50. The van der Waals surface area contributed by atoms with Gasteiger partial charge in [-0.15, -0.1) is 11.8 Å². The van der Waals surface area contributed by atoms with Crippen molar-refractivity contribution >= 4 is 0 Å². The standard InChI is InChI=1S/C19H26N2/c1-2-3-6-11-21-19(14-20)17-9-10-18(19)13-16-8-5-4-7-15(16)12-17/h4-5,7-8,17-18,21H,6,9-14,20H2,1H3. The Hall–Kier alpha value is -1.30. The molecule has 3 rings (SSSR count). The van der Waals surface area contributed by atoms with Crippen molar-refractivity contribution < 1.29 is 0 Å². The van der Waals surface area contributed by atoms with Gasteiger partial charge in [0.1, 0.15) is 0 Å². The highest BCUT2D eigenvalue weighted by Gasteiger charge is 2.50. The first-order valence-electron chi connectivity index (χ1n) is 8.21. The monoisotopic (exact) mass is 282 g/mol. The highest BCUT2D eigenvalue weighted by molar-refractivity contribution is 5.32. The lowest BCUT2D eigenvalue weighted by atomic mass is 9.78. The third-order valence-corrected chi connectivity index (χ3v) is 5.59. The van der Waals surface area contributed by atoms with E-state index in [0.29, 0.717) is 11.8 Å². The summed E-state index contributed by atoms with van der Waals surface area (Å²) in [6, 6.07) is 8.96. The summed E-state index contributed by atoms with van der Waals surface area (Å²) < 4.78 is 0. The lowest BCUT2D eigenvalue weighted by molar-refractivity contribution is 0.196. The fourth-order valence-corrected chi connectivity index (χ4v) is 4.48. The second-order valence-electron chi connectivity index (χ2n) is 6.50. The first-order chi connectivity index (χ1) is 10.3. The van der Waals surface area contributed by atoms with Crippen molar-refractivity contribution in [2.75, 3.05) is 13.1 Å². The Bertz CT molecular complexity index is 519. The Balaban J connectivity index is 1.83. The van der Waals surface area contributed by atoms with Gasteiger partial charge in [-0.05, 0) is 55.6 Å². The van der Waals surface area contributed by atoms with Crippen LogP contribution >= 0.6 is 0 Å². The number of fused-ring (bicyclic) bond motifs is 3. The van der Waals surface area contributed by atoms with E-state index < -0.39 is 0 Å². The van der Waals surface area contributed by atoms with E-state index in [0.717, 1.165) is 19.5 Å². The highest BCUT2D eigenvalue weighted by atomic mass is 15.0. The number of hydrogen-bond acceptors (Lipinski definition) is 2. The molecule has 2 unspecified atom stereocenters. The van der Waals surface area contributed by atoms with Crippen molar-refractivity contribution in [3.8, 4) is 11.8 Å². The number of benzene rings is 1. The lowest BCUT2D eigenvalue weighted by Crippen LogP contribution is -2.58. The van der Waals surface area contributed by atoms with Crippen molar-refractivity contribution in [1.29, 1.82) is 0 Å². The van der Waals surface area contributed by atoms with Gasteiger partial charge in [0.2, 0.25) is 0 Å². The van der Waals surface area contributed by atoms with Crippen molar-refractivity contribution in [2.24, 2.45) is 17.6 Å². The molecule has 2 aliphatic carbocycles. The smallest absolute Gasteiger partial charge is 0.0367 e. The van der Waals surface area contributed by atoms with Gasteiger partial charge in [-0.1, -0.05) is 24.3 Å². The summed E-state index contributed by atoms with van der Waals surface area (Å²) in [5, 5.41) is 3.83. The van der Waals surface area contributed by atoms with Crippen LogP contribution in [0.3, 0.4) is 0 Å². The largest absolute Gasteiger partial charge is 0.329 e. The molecular formula is C19H26N2. The minimum atomic E-state index is 0.119. The first-order valence-corrected chi connectivity index (χ1v) is 8.21. The molecule has 2 aliphatic rings. The molecule has 1 aromatic carbocycles. The average molecular weight is 282 g/mol. The minimum absolute atomic E-state index is 0.119. The van der Waals surface area contributed by atoms with E-state index >= 15 is 0 Å². The van der Waals surface area contributed by atoms with E-state index in [1.807, 2.05) is 6.92 Å². The predicted molar refractivity (Wildman–Crippen MR) is 87.9 cm³/mol. The van der Waals surface area contributed by atoms with Gasteiger partial charge >= 0.3 is 0 Å². The predicted octanol–water partition coefficient (Wildman–Crippen LogP) is 2.51. The molecular weight excluding hydrogens is 256 g/mol. The quantitative estimate of drug-likeness (QED) is 0.658. The molecule has 0 amide bonds.